The molecule has 98 valence electrons. The molecule has 2 aromatic heterocycles. The van der Waals surface area contributed by atoms with Gasteiger partial charge in [0.05, 0.1) is 17.9 Å². The molecule has 0 bridgehead atoms. The van der Waals surface area contributed by atoms with Crippen LogP contribution in [0.25, 0.3) is 0 Å². The monoisotopic (exact) mass is 249 g/mol. The molecule has 2 N–H and O–H groups in total. The summed E-state index contributed by atoms with van der Waals surface area (Å²) < 4.78 is 3.59. The van der Waals surface area contributed by atoms with Crippen molar-refractivity contribution >= 4 is 0 Å². The lowest BCUT2D eigenvalue weighted by Gasteiger charge is -2.04. The van der Waals surface area contributed by atoms with E-state index in [1.165, 1.54) is 0 Å². The van der Waals surface area contributed by atoms with E-state index in [1.54, 1.807) is 11.0 Å². The highest BCUT2D eigenvalue weighted by Gasteiger charge is 2.11. The van der Waals surface area contributed by atoms with Crippen LogP contribution in [-0.2, 0) is 13.1 Å². The standard InChI is InChI=1S/C11H19N7/c1-3-5-9(12)10-6-17(16-15-10)7-11-13-8-14-18(11)4-2/h6,8-9H,3-5,7,12H2,1-2H3. The average Bonchev–Trinajstić information content (AvgIpc) is 2.99. The minimum Gasteiger partial charge on any atom is -0.323 e. The molecule has 2 aromatic rings. The van der Waals surface area contributed by atoms with Crippen molar-refractivity contribution in [2.45, 2.75) is 45.8 Å². The molecule has 0 radical (unpaired) electrons. The molecule has 18 heavy (non-hydrogen) atoms. The average molecular weight is 249 g/mol. The third kappa shape index (κ3) is 2.73. The molecule has 0 spiro atoms. The van der Waals surface area contributed by atoms with E-state index in [9.17, 15) is 0 Å². The van der Waals surface area contributed by atoms with Gasteiger partial charge in [-0.15, -0.1) is 5.10 Å². The number of nitrogens with zero attached hydrogens (tertiary/aromatic N) is 6. The summed E-state index contributed by atoms with van der Waals surface area (Å²) in [4.78, 5) is 4.20. The first-order valence-corrected chi connectivity index (χ1v) is 6.26. The van der Waals surface area contributed by atoms with Gasteiger partial charge in [-0.2, -0.15) is 5.10 Å². The Bertz CT molecular complexity index is 487. The summed E-state index contributed by atoms with van der Waals surface area (Å²) in [5, 5.41) is 12.3. The minimum absolute atomic E-state index is 0.0344. The van der Waals surface area contributed by atoms with E-state index in [1.807, 2.05) is 17.8 Å². The Kier molecular flexibility index (Phi) is 4.03. The van der Waals surface area contributed by atoms with Crippen molar-refractivity contribution in [3.05, 3.63) is 24.0 Å². The molecule has 1 atom stereocenters. The first-order valence-electron chi connectivity index (χ1n) is 6.26. The van der Waals surface area contributed by atoms with E-state index in [0.29, 0.717) is 6.54 Å². The smallest absolute Gasteiger partial charge is 0.148 e. The molecule has 0 saturated heterocycles. The maximum absolute atomic E-state index is 6.00. The molecule has 2 heterocycles. The maximum atomic E-state index is 6.00. The Labute approximate surface area is 106 Å². The van der Waals surface area contributed by atoms with Gasteiger partial charge in [0.25, 0.3) is 0 Å². The summed E-state index contributed by atoms with van der Waals surface area (Å²) in [6, 6.07) is -0.0344. The van der Waals surface area contributed by atoms with Gasteiger partial charge in [-0.25, -0.2) is 14.3 Å². The second kappa shape index (κ2) is 5.72. The quantitative estimate of drug-likeness (QED) is 0.815. The number of aryl methyl sites for hydroxylation is 1. The largest absolute Gasteiger partial charge is 0.323 e. The molecule has 7 nitrogen and oxygen atoms in total. The Morgan fingerprint density at radius 3 is 2.94 bits per heavy atom. The first kappa shape index (κ1) is 12.7. The van der Waals surface area contributed by atoms with Crippen LogP contribution in [0.15, 0.2) is 12.5 Å². The van der Waals surface area contributed by atoms with E-state index >= 15 is 0 Å². The zero-order chi connectivity index (χ0) is 13.0. The zero-order valence-electron chi connectivity index (χ0n) is 10.8. The predicted molar refractivity (Wildman–Crippen MR) is 66.7 cm³/mol. The molecule has 0 fully saturated rings. The van der Waals surface area contributed by atoms with Gasteiger partial charge in [0.15, 0.2) is 0 Å². The summed E-state index contributed by atoms with van der Waals surface area (Å²) in [5.41, 5.74) is 6.83. The molecule has 0 saturated carbocycles. The third-order valence-electron chi connectivity index (χ3n) is 2.83. The van der Waals surface area contributed by atoms with E-state index in [-0.39, 0.29) is 6.04 Å². The lowest BCUT2D eigenvalue weighted by Crippen LogP contribution is -2.10. The van der Waals surface area contributed by atoms with E-state index < -0.39 is 0 Å². The van der Waals surface area contributed by atoms with Crippen molar-refractivity contribution in [2.75, 3.05) is 0 Å². The fourth-order valence-electron chi connectivity index (χ4n) is 1.84. The van der Waals surface area contributed by atoms with Crippen LogP contribution >= 0.6 is 0 Å². The highest BCUT2D eigenvalue weighted by atomic mass is 15.4. The van der Waals surface area contributed by atoms with Crippen LogP contribution in [0.4, 0.5) is 0 Å². The SMILES string of the molecule is CCCC(N)c1cn(Cc2ncnn2CC)nn1. The Hall–Kier alpha value is -1.76. The number of nitrogens with two attached hydrogens (primary N) is 1. The van der Waals surface area contributed by atoms with Crippen molar-refractivity contribution in [1.29, 1.82) is 0 Å². The van der Waals surface area contributed by atoms with Crippen LogP contribution in [0.5, 0.6) is 0 Å². The molecule has 0 aliphatic rings. The minimum atomic E-state index is -0.0344. The van der Waals surface area contributed by atoms with Crippen molar-refractivity contribution < 1.29 is 0 Å². The lowest BCUT2D eigenvalue weighted by molar-refractivity contribution is 0.557. The van der Waals surface area contributed by atoms with Crippen LogP contribution < -0.4 is 5.73 Å². The lowest BCUT2D eigenvalue weighted by atomic mass is 10.1. The summed E-state index contributed by atoms with van der Waals surface area (Å²) in [5.74, 6) is 0.873. The predicted octanol–water partition coefficient (Wildman–Crippen LogP) is 0.738. The molecular weight excluding hydrogens is 230 g/mol. The van der Waals surface area contributed by atoms with Crippen LogP contribution in [0.3, 0.4) is 0 Å². The molecular formula is C11H19N7. The molecule has 1 unspecified atom stereocenters. The normalized spacial score (nSPS) is 12.8. The summed E-state index contributed by atoms with van der Waals surface area (Å²) in [6.07, 6.45) is 5.40. The molecule has 0 aliphatic carbocycles. The van der Waals surface area contributed by atoms with Crippen molar-refractivity contribution in [3.8, 4) is 0 Å². The van der Waals surface area contributed by atoms with Gasteiger partial charge in [0, 0.05) is 6.54 Å². The van der Waals surface area contributed by atoms with E-state index in [0.717, 1.165) is 30.9 Å². The zero-order valence-corrected chi connectivity index (χ0v) is 10.8. The molecule has 7 heteroatoms. The fourth-order valence-corrected chi connectivity index (χ4v) is 1.84. The van der Waals surface area contributed by atoms with Gasteiger partial charge in [-0.1, -0.05) is 18.6 Å². The summed E-state index contributed by atoms with van der Waals surface area (Å²) >= 11 is 0. The highest BCUT2D eigenvalue weighted by Crippen LogP contribution is 2.12. The van der Waals surface area contributed by atoms with Gasteiger partial charge in [0.2, 0.25) is 0 Å². The Morgan fingerprint density at radius 2 is 2.22 bits per heavy atom. The summed E-state index contributed by atoms with van der Waals surface area (Å²) in [6.45, 7) is 5.50. The molecule has 0 aliphatic heterocycles. The first-order chi connectivity index (χ1) is 8.74. The van der Waals surface area contributed by atoms with Crippen LogP contribution in [0.2, 0.25) is 0 Å². The molecule has 0 amide bonds. The topological polar surface area (TPSA) is 87.4 Å². The number of rotatable bonds is 6. The van der Waals surface area contributed by atoms with Gasteiger partial charge in [-0.05, 0) is 13.3 Å². The van der Waals surface area contributed by atoms with Crippen LogP contribution in [-0.4, -0.2) is 29.8 Å². The van der Waals surface area contributed by atoms with Crippen molar-refractivity contribution in [2.24, 2.45) is 5.73 Å². The van der Waals surface area contributed by atoms with E-state index in [2.05, 4.69) is 27.3 Å². The summed E-state index contributed by atoms with van der Waals surface area (Å²) in [7, 11) is 0. The second-order valence-electron chi connectivity index (χ2n) is 4.23. The highest BCUT2D eigenvalue weighted by molar-refractivity contribution is 5.00. The van der Waals surface area contributed by atoms with Crippen molar-refractivity contribution in [1.82, 2.24) is 29.8 Å². The van der Waals surface area contributed by atoms with Crippen LogP contribution in [0.1, 0.15) is 44.2 Å². The molecule has 0 aromatic carbocycles. The van der Waals surface area contributed by atoms with Gasteiger partial charge in [0.1, 0.15) is 18.7 Å². The Balaban J connectivity index is 2.07. The van der Waals surface area contributed by atoms with Crippen molar-refractivity contribution in [3.63, 3.8) is 0 Å². The Morgan fingerprint density at radius 1 is 1.39 bits per heavy atom. The van der Waals surface area contributed by atoms with Gasteiger partial charge < -0.3 is 5.73 Å². The van der Waals surface area contributed by atoms with Crippen LogP contribution in [0, 0.1) is 0 Å². The van der Waals surface area contributed by atoms with Gasteiger partial charge >= 0.3 is 0 Å². The maximum Gasteiger partial charge on any atom is 0.148 e. The van der Waals surface area contributed by atoms with Gasteiger partial charge in [-0.3, -0.25) is 0 Å². The molecule has 2 rings (SSSR count). The second-order valence-corrected chi connectivity index (χ2v) is 4.23. The van der Waals surface area contributed by atoms with E-state index in [4.69, 9.17) is 5.73 Å². The number of hydrogen-bond donors (Lipinski definition) is 1. The fraction of sp³-hybridized carbons (Fsp3) is 0.636. The number of hydrogen-bond acceptors (Lipinski definition) is 5. The number of aromatic nitrogens is 6. The third-order valence-corrected chi connectivity index (χ3v) is 2.83.